The molecule has 2 nitrogen and oxygen atoms in total. The Bertz CT molecular complexity index is 343. The number of ether oxygens (including phenoxy) is 1. The first-order chi connectivity index (χ1) is 9.67. The van der Waals surface area contributed by atoms with Gasteiger partial charge in [0.2, 0.25) is 0 Å². The van der Waals surface area contributed by atoms with Gasteiger partial charge in [-0.2, -0.15) is 0 Å². The Labute approximate surface area is 124 Å². The van der Waals surface area contributed by atoms with Crippen molar-refractivity contribution in [2.75, 3.05) is 13.2 Å². The SMILES string of the molecule is CCCCC(OCCCO)c1ccc(CC(C)C)cc1. The molecule has 0 saturated heterocycles. The van der Waals surface area contributed by atoms with Crippen LogP contribution < -0.4 is 0 Å². The van der Waals surface area contributed by atoms with Crippen LogP contribution in [0.25, 0.3) is 0 Å². The highest BCUT2D eigenvalue weighted by Crippen LogP contribution is 2.24. The number of aliphatic hydroxyl groups is 1. The van der Waals surface area contributed by atoms with Gasteiger partial charge >= 0.3 is 0 Å². The molecule has 1 aromatic carbocycles. The van der Waals surface area contributed by atoms with Gasteiger partial charge in [0.1, 0.15) is 0 Å². The summed E-state index contributed by atoms with van der Waals surface area (Å²) < 4.78 is 5.93. The van der Waals surface area contributed by atoms with Crippen molar-refractivity contribution in [1.29, 1.82) is 0 Å². The van der Waals surface area contributed by atoms with Crippen molar-refractivity contribution in [2.24, 2.45) is 5.92 Å². The molecule has 0 heterocycles. The zero-order valence-corrected chi connectivity index (χ0v) is 13.3. The van der Waals surface area contributed by atoms with Gasteiger partial charge in [0.15, 0.2) is 0 Å². The Morgan fingerprint density at radius 3 is 2.35 bits per heavy atom. The second-order valence-corrected chi connectivity index (χ2v) is 5.92. The number of aliphatic hydroxyl groups excluding tert-OH is 1. The predicted octanol–water partition coefficient (Wildman–Crippen LogP) is 4.52. The number of hydrogen-bond acceptors (Lipinski definition) is 2. The van der Waals surface area contributed by atoms with Gasteiger partial charge in [0.25, 0.3) is 0 Å². The molecular formula is C18H30O2. The summed E-state index contributed by atoms with van der Waals surface area (Å²) in [5, 5.41) is 8.87. The molecule has 0 aromatic heterocycles. The zero-order valence-electron chi connectivity index (χ0n) is 13.3. The maximum atomic E-state index is 8.87. The van der Waals surface area contributed by atoms with Crippen LogP contribution in [-0.4, -0.2) is 18.3 Å². The monoisotopic (exact) mass is 278 g/mol. The summed E-state index contributed by atoms with van der Waals surface area (Å²) in [6, 6.07) is 8.86. The van der Waals surface area contributed by atoms with E-state index in [1.165, 1.54) is 24.0 Å². The average molecular weight is 278 g/mol. The van der Waals surface area contributed by atoms with Crippen LogP contribution in [0.3, 0.4) is 0 Å². The van der Waals surface area contributed by atoms with Gasteiger partial charge in [-0.1, -0.05) is 57.9 Å². The predicted molar refractivity (Wildman–Crippen MR) is 84.9 cm³/mol. The molecule has 0 aliphatic rings. The molecule has 0 amide bonds. The molecule has 0 aliphatic heterocycles. The highest BCUT2D eigenvalue weighted by Gasteiger charge is 2.11. The van der Waals surface area contributed by atoms with Gasteiger partial charge in [0, 0.05) is 13.2 Å². The van der Waals surface area contributed by atoms with Gasteiger partial charge in [-0.15, -0.1) is 0 Å². The van der Waals surface area contributed by atoms with Crippen LogP contribution in [0, 0.1) is 5.92 Å². The van der Waals surface area contributed by atoms with Crippen molar-refractivity contribution in [1.82, 2.24) is 0 Å². The van der Waals surface area contributed by atoms with E-state index in [4.69, 9.17) is 9.84 Å². The summed E-state index contributed by atoms with van der Waals surface area (Å²) in [4.78, 5) is 0. The summed E-state index contributed by atoms with van der Waals surface area (Å²) in [5.41, 5.74) is 2.66. The fourth-order valence-corrected chi connectivity index (χ4v) is 2.37. The van der Waals surface area contributed by atoms with E-state index in [0.717, 1.165) is 12.8 Å². The van der Waals surface area contributed by atoms with E-state index >= 15 is 0 Å². The van der Waals surface area contributed by atoms with Crippen molar-refractivity contribution in [3.63, 3.8) is 0 Å². The Morgan fingerprint density at radius 2 is 1.80 bits per heavy atom. The van der Waals surface area contributed by atoms with E-state index in [1.807, 2.05) is 0 Å². The van der Waals surface area contributed by atoms with Gasteiger partial charge in [-0.25, -0.2) is 0 Å². The zero-order chi connectivity index (χ0) is 14.8. The standard InChI is InChI=1S/C18H30O2/c1-4-5-7-18(20-13-6-12-19)17-10-8-16(9-11-17)14-15(2)3/h8-11,15,18-19H,4-7,12-14H2,1-3H3. The number of hydrogen-bond donors (Lipinski definition) is 1. The lowest BCUT2D eigenvalue weighted by Crippen LogP contribution is -2.07. The van der Waals surface area contributed by atoms with Crippen LogP contribution in [0.2, 0.25) is 0 Å². The van der Waals surface area contributed by atoms with E-state index in [0.29, 0.717) is 18.9 Å². The van der Waals surface area contributed by atoms with Crippen LogP contribution in [0.5, 0.6) is 0 Å². The lowest BCUT2D eigenvalue weighted by molar-refractivity contribution is 0.0364. The average Bonchev–Trinajstić information content (AvgIpc) is 2.43. The minimum Gasteiger partial charge on any atom is -0.396 e. The molecule has 0 aliphatic carbocycles. The molecule has 0 bridgehead atoms. The fraction of sp³-hybridized carbons (Fsp3) is 0.667. The summed E-state index contributed by atoms with van der Waals surface area (Å²) >= 11 is 0. The number of rotatable bonds is 10. The Morgan fingerprint density at radius 1 is 1.10 bits per heavy atom. The quantitative estimate of drug-likeness (QED) is 0.638. The molecular weight excluding hydrogens is 248 g/mol. The van der Waals surface area contributed by atoms with Gasteiger partial charge in [-0.3, -0.25) is 0 Å². The van der Waals surface area contributed by atoms with Gasteiger partial charge < -0.3 is 9.84 Å². The molecule has 1 aromatic rings. The summed E-state index contributed by atoms with van der Waals surface area (Å²) in [6.45, 7) is 7.54. The highest BCUT2D eigenvalue weighted by molar-refractivity contribution is 5.24. The van der Waals surface area contributed by atoms with Crippen LogP contribution in [-0.2, 0) is 11.2 Å². The first-order valence-corrected chi connectivity index (χ1v) is 7.98. The first kappa shape index (κ1) is 17.2. The minimum atomic E-state index is 0.176. The number of unbranched alkanes of at least 4 members (excludes halogenated alkanes) is 1. The van der Waals surface area contributed by atoms with Crippen LogP contribution in [0.15, 0.2) is 24.3 Å². The van der Waals surface area contributed by atoms with Gasteiger partial charge in [-0.05, 0) is 36.3 Å². The molecule has 2 heteroatoms. The molecule has 1 rings (SSSR count). The molecule has 0 fully saturated rings. The van der Waals surface area contributed by atoms with Crippen LogP contribution >= 0.6 is 0 Å². The third-order valence-electron chi connectivity index (χ3n) is 3.44. The van der Waals surface area contributed by atoms with E-state index in [9.17, 15) is 0 Å². The lowest BCUT2D eigenvalue weighted by Gasteiger charge is -2.18. The largest absolute Gasteiger partial charge is 0.396 e. The molecule has 1 atom stereocenters. The number of benzene rings is 1. The van der Waals surface area contributed by atoms with E-state index < -0.39 is 0 Å². The second-order valence-electron chi connectivity index (χ2n) is 5.92. The molecule has 114 valence electrons. The lowest BCUT2D eigenvalue weighted by atomic mass is 9.98. The van der Waals surface area contributed by atoms with Crippen molar-refractivity contribution in [2.45, 2.75) is 59.0 Å². The Kier molecular flexibility index (Phi) is 8.56. The Hall–Kier alpha value is -0.860. The molecule has 0 saturated carbocycles. The van der Waals surface area contributed by atoms with E-state index in [2.05, 4.69) is 45.0 Å². The highest BCUT2D eigenvalue weighted by atomic mass is 16.5. The van der Waals surface area contributed by atoms with Crippen molar-refractivity contribution in [3.05, 3.63) is 35.4 Å². The molecule has 0 spiro atoms. The third-order valence-corrected chi connectivity index (χ3v) is 3.44. The Balaban J connectivity index is 2.63. The van der Waals surface area contributed by atoms with E-state index in [-0.39, 0.29) is 12.7 Å². The fourth-order valence-electron chi connectivity index (χ4n) is 2.37. The van der Waals surface area contributed by atoms with Crippen molar-refractivity contribution < 1.29 is 9.84 Å². The van der Waals surface area contributed by atoms with Crippen LogP contribution in [0.4, 0.5) is 0 Å². The maximum absolute atomic E-state index is 8.87. The van der Waals surface area contributed by atoms with Crippen molar-refractivity contribution in [3.8, 4) is 0 Å². The molecule has 1 N–H and O–H groups in total. The molecule has 0 radical (unpaired) electrons. The summed E-state index contributed by atoms with van der Waals surface area (Å²) in [7, 11) is 0. The summed E-state index contributed by atoms with van der Waals surface area (Å²) in [5.74, 6) is 0.692. The minimum absolute atomic E-state index is 0.176. The third kappa shape index (κ3) is 6.53. The van der Waals surface area contributed by atoms with Crippen molar-refractivity contribution >= 4 is 0 Å². The second kappa shape index (κ2) is 9.95. The topological polar surface area (TPSA) is 29.5 Å². The van der Waals surface area contributed by atoms with Crippen LogP contribution in [0.1, 0.15) is 63.7 Å². The molecule has 20 heavy (non-hydrogen) atoms. The van der Waals surface area contributed by atoms with Gasteiger partial charge in [0.05, 0.1) is 6.10 Å². The first-order valence-electron chi connectivity index (χ1n) is 7.98. The summed E-state index contributed by atoms with van der Waals surface area (Å²) in [6.07, 6.45) is 5.45. The van der Waals surface area contributed by atoms with E-state index in [1.54, 1.807) is 0 Å². The smallest absolute Gasteiger partial charge is 0.0824 e. The normalized spacial score (nSPS) is 12.8. The molecule has 1 unspecified atom stereocenters. The maximum Gasteiger partial charge on any atom is 0.0824 e.